The Morgan fingerprint density at radius 3 is 2.81 bits per heavy atom. The third-order valence-electron chi connectivity index (χ3n) is 3.20. The lowest BCUT2D eigenvalue weighted by Gasteiger charge is -2.10. The second kappa shape index (κ2) is 3.79. The molecule has 2 saturated carbocycles. The van der Waals surface area contributed by atoms with Gasteiger partial charge in [-0.15, -0.1) is 0 Å². The molecule has 82 valence electrons. The second-order valence-corrected chi connectivity index (χ2v) is 4.75. The summed E-state index contributed by atoms with van der Waals surface area (Å²) < 4.78 is 5.81. The van der Waals surface area contributed by atoms with Gasteiger partial charge in [0.1, 0.15) is 17.5 Å². The number of hydrogen-bond acceptors (Lipinski definition) is 3. The van der Waals surface area contributed by atoms with Crippen molar-refractivity contribution < 1.29 is 4.74 Å². The van der Waals surface area contributed by atoms with Crippen molar-refractivity contribution in [2.75, 3.05) is 6.61 Å². The van der Waals surface area contributed by atoms with Crippen molar-refractivity contribution in [1.29, 1.82) is 5.26 Å². The summed E-state index contributed by atoms with van der Waals surface area (Å²) in [5.41, 5.74) is 1.65. The smallest absolute Gasteiger partial charge is 0.144 e. The molecular formula is C13H14N2O. The van der Waals surface area contributed by atoms with E-state index in [0.717, 1.165) is 18.3 Å². The first kappa shape index (κ1) is 9.65. The number of nitriles is 1. The van der Waals surface area contributed by atoms with E-state index in [0.29, 0.717) is 11.6 Å². The fourth-order valence-corrected chi connectivity index (χ4v) is 1.83. The van der Waals surface area contributed by atoms with Gasteiger partial charge in [-0.1, -0.05) is 0 Å². The van der Waals surface area contributed by atoms with E-state index in [1.54, 1.807) is 6.07 Å². The van der Waals surface area contributed by atoms with E-state index in [9.17, 15) is 0 Å². The van der Waals surface area contributed by atoms with Crippen molar-refractivity contribution in [3.8, 4) is 11.8 Å². The molecule has 16 heavy (non-hydrogen) atoms. The van der Waals surface area contributed by atoms with Crippen LogP contribution in [-0.4, -0.2) is 11.6 Å². The summed E-state index contributed by atoms with van der Waals surface area (Å²) in [5.74, 6) is 2.25. The van der Waals surface area contributed by atoms with Crippen LogP contribution in [0.1, 0.15) is 42.9 Å². The third kappa shape index (κ3) is 2.01. The highest BCUT2D eigenvalue weighted by Crippen LogP contribution is 2.44. The minimum absolute atomic E-state index is 0.454. The van der Waals surface area contributed by atoms with Gasteiger partial charge in [0.2, 0.25) is 0 Å². The largest absolute Gasteiger partial charge is 0.493 e. The maximum atomic E-state index is 8.83. The van der Waals surface area contributed by atoms with Gasteiger partial charge in [-0.3, -0.25) is 0 Å². The first-order valence-electron chi connectivity index (χ1n) is 5.89. The molecule has 1 aromatic rings. The second-order valence-electron chi connectivity index (χ2n) is 4.75. The minimum Gasteiger partial charge on any atom is -0.493 e. The molecule has 0 saturated heterocycles. The highest BCUT2D eigenvalue weighted by atomic mass is 16.5. The molecule has 0 aliphatic heterocycles. The van der Waals surface area contributed by atoms with Gasteiger partial charge in [0.15, 0.2) is 0 Å². The fourth-order valence-electron chi connectivity index (χ4n) is 1.83. The van der Waals surface area contributed by atoms with Gasteiger partial charge in [0, 0.05) is 17.8 Å². The fraction of sp³-hybridized carbons (Fsp3) is 0.538. The zero-order valence-electron chi connectivity index (χ0n) is 9.15. The maximum Gasteiger partial charge on any atom is 0.144 e. The van der Waals surface area contributed by atoms with Gasteiger partial charge in [-0.2, -0.15) is 5.26 Å². The number of hydrogen-bond donors (Lipinski definition) is 0. The monoisotopic (exact) mass is 214 g/mol. The lowest BCUT2D eigenvalue weighted by atomic mass is 10.1. The van der Waals surface area contributed by atoms with Gasteiger partial charge in [0.05, 0.1) is 6.61 Å². The molecule has 3 nitrogen and oxygen atoms in total. The Balaban J connectivity index is 1.82. The molecule has 1 heterocycles. The van der Waals surface area contributed by atoms with Gasteiger partial charge in [-0.05, 0) is 37.5 Å². The summed E-state index contributed by atoms with van der Waals surface area (Å²) in [6.07, 6.45) is 6.85. The number of rotatable bonds is 4. The SMILES string of the molecule is N#Cc1cc(OCC2CC2)c(C2CC2)cn1. The number of nitrogens with zero attached hydrogens (tertiary/aromatic N) is 2. The van der Waals surface area contributed by atoms with Crippen LogP contribution in [0.25, 0.3) is 0 Å². The molecule has 0 bridgehead atoms. The van der Waals surface area contributed by atoms with Crippen molar-refractivity contribution in [1.82, 2.24) is 4.98 Å². The van der Waals surface area contributed by atoms with Crippen LogP contribution in [0.2, 0.25) is 0 Å². The van der Waals surface area contributed by atoms with Crippen molar-refractivity contribution in [2.24, 2.45) is 5.92 Å². The van der Waals surface area contributed by atoms with Crippen LogP contribution in [-0.2, 0) is 0 Å². The number of aromatic nitrogens is 1. The van der Waals surface area contributed by atoms with Crippen molar-refractivity contribution in [2.45, 2.75) is 31.6 Å². The van der Waals surface area contributed by atoms with Crippen molar-refractivity contribution in [3.05, 3.63) is 23.5 Å². The average molecular weight is 214 g/mol. The highest BCUT2D eigenvalue weighted by Gasteiger charge is 2.28. The Morgan fingerprint density at radius 2 is 2.19 bits per heavy atom. The molecule has 0 aromatic carbocycles. The number of ether oxygens (including phenoxy) is 1. The third-order valence-corrected chi connectivity index (χ3v) is 3.20. The number of pyridine rings is 1. The van der Waals surface area contributed by atoms with E-state index in [1.807, 2.05) is 6.20 Å². The van der Waals surface area contributed by atoms with Crippen LogP contribution in [0.4, 0.5) is 0 Å². The molecule has 0 radical (unpaired) electrons. The maximum absolute atomic E-state index is 8.83. The Morgan fingerprint density at radius 1 is 1.38 bits per heavy atom. The van der Waals surface area contributed by atoms with Crippen LogP contribution in [0.5, 0.6) is 5.75 Å². The van der Waals surface area contributed by atoms with Gasteiger partial charge in [0.25, 0.3) is 0 Å². The summed E-state index contributed by atoms with van der Waals surface area (Å²) in [7, 11) is 0. The van der Waals surface area contributed by atoms with Crippen LogP contribution < -0.4 is 4.74 Å². The molecule has 0 amide bonds. The predicted octanol–water partition coefficient (Wildman–Crippen LogP) is 2.62. The quantitative estimate of drug-likeness (QED) is 0.774. The van der Waals surface area contributed by atoms with E-state index < -0.39 is 0 Å². The zero-order chi connectivity index (χ0) is 11.0. The van der Waals surface area contributed by atoms with Crippen LogP contribution >= 0.6 is 0 Å². The highest BCUT2D eigenvalue weighted by molar-refractivity contribution is 5.41. The van der Waals surface area contributed by atoms with Crippen molar-refractivity contribution >= 4 is 0 Å². The molecule has 2 fully saturated rings. The van der Waals surface area contributed by atoms with Crippen LogP contribution in [0, 0.1) is 17.2 Å². The van der Waals surface area contributed by atoms with Crippen LogP contribution in [0.15, 0.2) is 12.3 Å². The summed E-state index contributed by atoms with van der Waals surface area (Å²) >= 11 is 0. The van der Waals surface area contributed by atoms with Crippen LogP contribution in [0.3, 0.4) is 0 Å². The first-order valence-corrected chi connectivity index (χ1v) is 5.89. The lowest BCUT2D eigenvalue weighted by Crippen LogP contribution is -2.02. The Kier molecular flexibility index (Phi) is 2.28. The van der Waals surface area contributed by atoms with E-state index in [4.69, 9.17) is 10.00 Å². The predicted molar refractivity (Wildman–Crippen MR) is 59.1 cm³/mol. The summed E-state index contributed by atoms with van der Waals surface area (Å²) in [4.78, 5) is 4.12. The molecule has 3 rings (SSSR count). The van der Waals surface area contributed by atoms with E-state index >= 15 is 0 Å². The topological polar surface area (TPSA) is 45.9 Å². The average Bonchev–Trinajstić information content (AvgIpc) is 3.18. The van der Waals surface area contributed by atoms with Crippen molar-refractivity contribution in [3.63, 3.8) is 0 Å². The molecule has 0 unspecified atom stereocenters. The van der Waals surface area contributed by atoms with Gasteiger partial charge >= 0.3 is 0 Å². The minimum atomic E-state index is 0.454. The first-order chi connectivity index (χ1) is 7.86. The molecule has 0 atom stereocenters. The van der Waals surface area contributed by atoms with E-state index in [2.05, 4.69) is 11.1 Å². The molecule has 0 N–H and O–H groups in total. The zero-order valence-corrected chi connectivity index (χ0v) is 9.15. The van der Waals surface area contributed by atoms with Gasteiger partial charge < -0.3 is 4.74 Å². The standard InChI is InChI=1S/C13H14N2O/c14-6-11-5-13(16-8-9-1-2-9)12(7-15-11)10-3-4-10/h5,7,9-10H,1-4,8H2. The summed E-state index contributed by atoms with van der Waals surface area (Å²) in [6, 6.07) is 3.85. The molecule has 2 aliphatic rings. The Bertz CT molecular complexity index is 442. The Labute approximate surface area is 95.1 Å². The Hall–Kier alpha value is -1.56. The molecule has 3 heteroatoms. The molecule has 1 aromatic heterocycles. The lowest BCUT2D eigenvalue weighted by molar-refractivity contribution is 0.296. The van der Waals surface area contributed by atoms with Gasteiger partial charge in [-0.25, -0.2) is 4.98 Å². The molecular weight excluding hydrogens is 200 g/mol. The normalized spacial score (nSPS) is 19.2. The van der Waals surface area contributed by atoms with E-state index in [1.165, 1.54) is 31.2 Å². The van der Waals surface area contributed by atoms with E-state index in [-0.39, 0.29) is 0 Å². The molecule has 0 spiro atoms. The summed E-state index contributed by atoms with van der Waals surface area (Å²) in [6.45, 7) is 0.800. The summed E-state index contributed by atoms with van der Waals surface area (Å²) in [5, 5.41) is 8.83. The molecule has 2 aliphatic carbocycles.